The number of hydrogen-bond donors (Lipinski definition) is 1. The lowest BCUT2D eigenvalue weighted by Crippen LogP contribution is -2.49. The number of rotatable bonds is 4. The second kappa shape index (κ2) is 4.23. The molecule has 0 bridgehead atoms. The van der Waals surface area contributed by atoms with Gasteiger partial charge < -0.3 is 10.1 Å². The lowest BCUT2D eigenvalue weighted by Gasteiger charge is -2.36. The van der Waals surface area contributed by atoms with Gasteiger partial charge in [0.1, 0.15) is 0 Å². The first kappa shape index (κ1) is 11.1. The fourth-order valence-corrected chi connectivity index (χ4v) is 3.30. The first-order valence-electron chi connectivity index (χ1n) is 5.37. The van der Waals surface area contributed by atoms with E-state index in [2.05, 4.69) is 5.32 Å². The summed E-state index contributed by atoms with van der Waals surface area (Å²) in [7, 11) is -2.92. The van der Waals surface area contributed by atoms with Crippen LogP contribution in [0, 0.1) is 0 Å². The molecule has 86 valence electrons. The minimum atomic E-state index is -2.92. The van der Waals surface area contributed by atoms with Crippen LogP contribution in [0.25, 0.3) is 0 Å². The van der Waals surface area contributed by atoms with Crippen LogP contribution in [-0.2, 0) is 14.6 Å². The van der Waals surface area contributed by atoms with E-state index in [4.69, 9.17) is 4.74 Å². The Balaban J connectivity index is 1.71. The van der Waals surface area contributed by atoms with E-state index in [-0.39, 0.29) is 11.8 Å². The van der Waals surface area contributed by atoms with Crippen molar-refractivity contribution in [3.05, 3.63) is 11.5 Å². The highest BCUT2D eigenvalue weighted by atomic mass is 32.2. The SMILES string of the molecule is CCOC1CC(NC2C=CS(=O)(=O)C2)C1. The summed E-state index contributed by atoms with van der Waals surface area (Å²) in [5.41, 5.74) is 0. The van der Waals surface area contributed by atoms with E-state index in [1.807, 2.05) is 6.92 Å². The van der Waals surface area contributed by atoms with Crippen LogP contribution in [0.3, 0.4) is 0 Å². The molecule has 0 spiro atoms. The van der Waals surface area contributed by atoms with E-state index < -0.39 is 9.84 Å². The normalized spacial score (nSPS) is 37.8. The zero-order valence-corrected chi connectivity index (χ0v) is 9.66. The predicted octanol–water partition coefficient (Wildman–Crippen LogP) is 0.454. The van der Waals surface area contributed by atoms with Gasteiger partial charge in [0.25, 0.3) is 0 Å². The van der Waals surface area contributed by atoms with Crippen molar-refractivity contribution >= 4 is 9.84 Å². The molecule has 1 heterocycles. The lowest BCUT2D eigenvalue weighted by molar-refractivity contribution is -0.0107. The molecule has 0 amide bonds. The molecule has 1 N–H and O–H groups in total. The van der Waals surface area contributed by atoms with Crippen LogP contribution in [0.2, 0.25) is 0 Å². The minimum absolute atomic E-state index is 0.00239. The van der Waals surface area contributed by atoms with E-state index in [0.29, 0.717) is 12.1 Å². The average molecular weight is 231 g/mol. The van der Waals surface area contributed by atoms with E-state index in [9.17, 15) is 8.42 Å². The number of hydrogen-bond acceptors (Lipinski definition) is 4. The van der Waals surface area contributed by atoms with Crippen molar-refractivity contribution in [3.63, 3.8) is 0 Å². The Morgan fingerprint density at radius 3 is 2.73 bits per heavy atom. The molecule has 2 aliphatic rings. The highest BCUT2D eigenvalue weighted by Gasteiger charge is 2.32. The molecular weight excluding hydrogens is 214 g/mol. The third-order valence-corrected chi connectivity index (χ3v) is 4.27. The zero-order chi connectivity index (χ0) is 10.9. The molecule has 1 fully saturated rings. The van der Waals surface area contributed by atoms with E-state index in [0.717, 1.165) is 19.4 Å². The molecule has 1 unspecified atom stereocenters. The minimum Gasteiger partial charge on any atom is -0.378 e. The molecule has 2 rings (SSSR count). The topological polar surface area (TPSA) is 55.4 Å². The lowest BCUT2D eigenvalue weighted by atomic mass is 9.88. The van der Waals surface area contributed by atoms with Gasteiger partial charge >= 0.3 is 0 Å². The summed E-state index contributed by atoms with van der Waals surface area (Å²) >= 11 is 0. The maximum atomic E-state index is 11.1. The first-order valence-corrected chi connectivity index (χ1v) is 7.09. The third kappa shape index (κ3) is 2.80. The highest BCUT2D eigenvalue weighted by molar-refractivity contribution is 7.94. The number of sulfone groups is 1. The van der Waals surface area contributed by atoms with Crippen LogP contribution in [-0.4, -0.2) is 39.0 Å². The van der Waals surface area contributed by atoms with Gasteiger partial charge in [-0.1, -0.05) is 6.08 Å². The molecule has 0 aromatic heterocycles. The Labute approximate surface area is 90.6 Å². The Kier molecular flexibility index (Phi) is 3.13. The van der Waals surface area contributed by atoms with Gasteiger partial charge in [-0.25, -0.2) is 8.42 Å². The Bertz CT molecular complexity index is 344. The van der Waals surface area contributed by atoms with Gasteiger partial charge in [-0.3, -0.25) is 0 Å². The molecule has 15 heavy (non-hydrogen) atoms. The molecule has 1 aliphatic carbocycles. The van der Waals surface area contributed by atoms with Gasteiger partial charge in [0.15, 0.2) is 9.84 Å². The van der Waals surface area contributed by atoms with Crippen LogP contribution in [0.1, 0.15) is 19.8 Å². The zero-order valence-electron chi connectivity index (χ0n) is 8.85. The summed E-state index contributed by atoms with van der Waals surface area (Å²) in [6.45, 7) is 2.75. The van der Waals surface area contributed by atoms with Crippen molar-refractivity contribution in [2.45, 2.75) is 38.0 Å². The summed E-state index contributed by atoms with van der Waals surface area (Å²) in [5, 5.41) is 4.62. The molecule has 5 heteroatoms. The molecule has 1 aliphatic heterocycles. The fraction of sp³-hybridized carbons (Fsp3) is 0.800. The quantitative estimate of drug-likeness (QED) is 0.763. The molecule has 0 aromatic rings. The van der Waals surface area contributed by atoms with Crippen LogP contribution in [0.5, 0.6) is 0 Å². The average Bonchev–Trinajstić information content (AvgIpc) is 2.42. The van der Waals surface area contributed by atoms with Crippen LogP contribution in [0.4, 0.5) is 0 Å². The van der Waals surface area contributed by atoms with Crippen molar-refractivity contribution in [1.29, 1.82) is 0 Å². The summed E-state index contributed by atoms with van der Waals surface area (Å²) in [4.78, 5) is 0. The molecular formula is C10H17NO3S. The number of ether oxygens (including phenoxy) is 1. The first-order chi connectivity index (χ1) is 7.09. The molecule has 4 nitrogen and oxygen atoms in total. The second-order valence-corrected chi connectivity index (χ2v) is 6.11. The second-order valence-electron chi connectivity index (χ2n) is 4.18. The molecule has 1 saturated carbocycles. The van der Waals surface area contributed by atoms with Crippen LogP contribution >= 0.6 is 0 Å². The summed E-state index contributed by atoms with van der Waals surface area (Å²) in [6.07, 6.45) is 4.11. The van der Waals surface area contributed by atoms with Crippen molar-refractivity contribution in [2.24, 2.45) is 0 Å². The molecule has 1 atom stereocenters. The van der Waals surface area contributed by atoms with Crippen molar-refractivity contribution in [1.82, 2.24) is 5.32 Å². The van der Waals surface area contributed by atoms with E-state index in [1.54, 1.807) is 6.08 Å². The smallest absolute Gasteiger partial charge is 0.173 e. The van der Waals surface area contributed by atoms with Crippen molar-refractivity contribution < 1.29 is 13.2 Å². The number of nitrogens with one attached hydrogen (secondary N) is 1. The van der Waals surface area contributed by atoms with Crippen molar-refractivity contribution in [3.8, 4) is 0 Å². The van der Waals surface area contributed by atoms with Gasteiger partial charge in [0.05, 0.1) is 11.9 Å². The molecule has 0 radical (unpaired) electrons. The maximum absolute atomic E-state index is 11.1. The fourth-order valence-electron chi connectivity index (χ4n) is 2.06. The predicted molar refractivity (Wildman–Crippen MR) is 58.3 cm³/mol. The van der Waals surface area contributed by atoms with E-state index in [1.165, 1.54) is 5.41 Å². The monoisotopic (exact) mass is 231 g/mol. The highest BCUT2D eigenvalue weighted by Crippen LogP contribution is 2.24. The standard InChI is InChI=1S/C10H17NO3S/c1-2-14-10-5-9(6-10)11-8-3-4-15(12,13)7-8/h3-4,8-11H,2,5-7H2,1H3. The van der Waals surface area contributed by atoms with Crippen molar-refractivity contribution in [2.75, 3.05) is 12.4 Å². The largest absolute Gasteiger partial charge is 0.378 e. The van der Waals surface area contributed by atoms with E-state index >= 15 is 0 Å². The summed E-state index contributed by atoms with van der Waals surface area (Å²) in [5.74, 6) is 0.211. The third-order valence-electron chi connectivity index (χ3n) is 2.88. The van der Waals surface area contributed by atoms with Crippen LogP contribution in [0.15, 0.2) is 11.5 Å². The molecule has 0 aromatic carbocycles. The van der Waals surface area contributed by atoms with Crippen LogP contribution < -0.4 is 5.32 Å². The molecule has 0 saturated heterocycles. The summed E-state index contributed by atoms with van der Waals surface area (Å²) < 4.78 is 27.7. The summed E-state index contributed by atoms with van der Waals surface area (Å²) in [6, 6.07) is 0.423. The van der Waals surface area contributed by atoms with Gasteiger partial charge in [0, 0.05) is 24.1 Å². The van der Waals surface area contributed by atoms with Gasteiger partial charge in [-0.15, -0.1) is 0 Å². The maximum Gasteiger partial charge on any atom is 0.173 e. The van der Waals surface area contributed by atoms with Gasteiger partial charge in [0.2, 0.25) is 0 Å². The Hall–Kier alpha value is -0.390. The van der Waals surface area contributed by atoms with Gasteiger partial charge in [-0.05, 0) is 19.8 Å². The Morgan fingerprint density at radius 1 is 1.47 bits per heavy atom. The van der Waals surface area contributed by atoms with Gasteiger partial charge in [-0.2, -0.15) is 0 Å². The Morgan fingerprint density at radius 2 is 2.20 bits per heavy atom.